The molecule has 38 heavy (non-hydrogen) atoms. The van der Waals surface area contributed by atoms with E-state index in [-0.39, 0.29) is 0 Å². The highest BCUT2D eigenvalue weighted by molar-refractivity contribution is 4.99. The first kappa shape index (κ1) is 39.3. The maximum absolute atomic E-state index is 2.29. The largest absolute Gasteiger partial charge is 0.331 e. The first-order valence-electron chi connectivity index (χ1n) is 16.7. The third kappa shape index (κ3) is 42.2. The van der Waals surface area contributed by atoms with Crippen LogP contribution in [-0.2, 0) is 0 Å². The zero-order chi connectivity index (χ0) is 28.8. The van der Waals surface area contributed by atoms with Gasteiger partial charge in [0, 0.05) is 0 Å². The number of unbranched alkanes of at least 4 members (excludes halogenated alkanes) is 18. The molecule has 1 aromatic rings. The smallest absolute Gasteiger partial charge is 0.0780 e. The van der Waals surface area contributed by atoms with Crippen LogP contribution in [0.25, 0.3) is 0 Å². The van der Waals surface area contributed by atoms with Crippen LogP contribution in [0.15, 0.2) is 36.4 Å². The molecule has 0 fully saturated rings. The van der Waals surface area contributed by atoms with Crippen LogP contribution in [0.3, 0.4) is 0 Å². The molecule has 0 aromatic heterocycles. The lowest BCUT2D eigenvalue weighted by atomic mass is 10.1. The molecule has 0 atom stereocenters. The Labute approximate surface area is 242 Å². The van der Waals surface area contributed by atoms with E-state index in [1.807, 2.05) is 36.4 Å². The van der Waals surface area contributed by atoms with Crippen molar-refractivity contribution in [2.45, 2.75) is 142 Å². The van der Waals surface area contributed by atoms with E-state index >= 15 is 0 Å². The van der Waals surface area contributed by atoms with Crippen LogP contribution in [-0.4, -0.2) is 64.3 Å². The fourth-order valence-corrected chi connectivity index (χ4v) is 4.53. The summed E-state index contributed by atoms with van der Waals surface area (Å²) in [5.74, 6) is 0. The standard InChI is InChI=1S/2C15H34N.C6H6/c2*1-5-6-7-8-9-10-11-12-13-14-15-16(2,3)4;1-2-4-6-5-3-1/h2*5-15H2,1-4H3;1-6H/q2*+1;. The molecule has 1 aromatic carbocycles. The first-order chi connectivity index (χ1) is 18.1. The second-order valence-electron chi connectivity index (χ2n) is 13.5. The van der Waals surface area contributed by atoms with Gasteiger partial charge >= 0.3 is 0 Å². The zero-order valence-electron chi connectivity index (χ0n) is 27.9. The molecule has 0 spiro atoms. The average molecular weight is 535 g/mol. The van der Waals surface area contributed by atoms with Crippen LogP contribution in [0, 0.1) is 0 Å². The van der Waals surface area contributed by atoms with Crippen molar-refractivity contribution in [3.05, 3.63) is 36.4 Å². The number of quaternary nitrogens is 2. The number of hydrogen-bond donors (Lipinski definition) is 0. The Hall–Kier alpha value is -0.860. The van der Waals surface area contributed by atoms with E-state index in [1.54, 1.807) is 0 Å². The summed E-state index contributed by atoms with van der Waals surface area (Å²) in [4.78, 5) is 0. The summed E-state index contributed by atoms with van der Waals surface area (Å²) in [5, 5.41) is 0. The van der Waals surface area contributed by atoms with Gasteiger partial charge in [-0.05, 0) is 25.7 Å². The van der Waals surface area contributed by atoms with Gasteiger partial charge in [0.25, 0.3) is 0 Å². The molecule has 0 bridgehead atoms. The normalized spacial score (nSPS) is 11.4. The van der Waals surface area contributed by atoms with Crippen LogP contribution in [0.4, 0.5) is 0 Å². The van der Waals surface area contributed by atoms with Gasteiger partial charge in [-0.1, -0.05) is 153 Å². The van der Waals surface area contributed by atoms with Gasteiger partial charge in [0.15, 0.2) is 0 Å². The number of nitrogens with zero attached hydrogens (tertiary/aromatic N) is 2. The van der Waals surface area contributed by atoms with E-state index < -0.39 is 0 Å². The third-order valence-electron chi connectivity index (χ3n) is 7.03. The van der Waals surface area contributed by atoms with Crippen molar-refractivity contribution in [1.29, 1.82) is 0 Å². The monoisotopic (exact) mass is 535 g/mol. The Morgan fingerprint density at radius 3 is 0.658 bits per heavy atom. The molecule has 0 saturated heterocycles. The quantitative estimate of drug-likeness (QED) is 0.102. The second kappa shape index (κ2) is 29.1. The van der Waals surface area contributed by atoms with Crippen LogP contribution >= 0.6 is 0 Å². The van der Waals surface area contributed by atoms with Crippen LogP contribution in [0.1, 0.15) is 142 Å². The molecule has 0 saturated carbocycles. The van der Waals surface area contributed by atoms with Gasteiger partial charge < -0.3 is 8.97 Å². The van der Waals surface area contributed by atoms with E-state index in [2.05, 4.69) is 56.1 Å². The molecule has 0 aliphatic rings. The molecule has 0 heterocycles. The number of hydrogen-bond acceptors (Lipinski definition) is 0. The summed E-state index contributed by atoms with van der Waals surface area (Å²) in [6.07, 6.45) is 28.8. The first-order valence-corrected chi connectivity index (χ1v) is 16.7. The van der Waals surface area contributed by atoms with E-state index in [4.69, 9.17) is 0 Å². The fraction of sp³-hybridized carbons (Fsp3) is 0.833. The van der Waals surface area contributed by atoms with Crippen molar-refractivity contribution >= 4 is 0 Å². The second-order valence-corrected chi connectivity index (χ2v) is 13.5. The van der Waals surface area contributed by atoms with E-state index in [0.717, 1.165) is 8.97 Å². The zero-order valence-corrected chi connectivity index (χ0v) is 27.9. The predicted octanol–water partition coefficient (Wildman–Crippen LogP) is 10.9. The van der Waals surface area contributed by atoms with Gasteiger partial charge in [-0.3, -0.25) is 0 Å². The summed E-state index contributed by atoms with van der Waals surface area (Å²) >= 11 is 0. The Kier molecular flexibility index (Phi) is 30.1. The lowest BCUT2D eigenvalue weighted by molar-refractivity contribution is -0.870. The Morgan fingerprint density at radius 2 is 0.474 bits per heavy atom. The Morgan fingerprint density at radius 1 is 0.289 bits per heavy atom. The molecule has 0 amide bonds. The third-order valence-corrected chi connectivity index (χ3v) is 7.03. The summed E-state index contributed by atoms with van der Waals surface area (Å²) < 4.78 is 2.24. The maximum atomic E-state index is 2.29. The molecular weight excluding hydrogens is 460 g/mol. The van der Waals surface area contributed by atoms with E-state index in [1.165, 1.54) is 142 Å². The SMILES string of the molecule is CCCCCCCCCCCC[N+](C)(C)C.CCCCCCCCCCCC[N+](C)(C)C.c1ccccc1. The maximum Gasteiger partial charge on any atom is 0.0780 e. The van der Waals surface area contributed by atoms with Crippen molar-refractivity contribution in [3.63, 3.8) is 0 Å². The summed E-state index contributed by atoms with van der Waals surface area (Å²) in [5.41, 5.74) is 0. The minimum atomic E-state index is 1.12. The fourth-order valence-electron chi connectivity index (χ4n) is 4.53. The van der Waals surface area contributed by atoms with Crippen LogP contribution in [0.2, 0.25) is 0 Å². The highest BCUT2D eigenvalue weighted by atomic mass is 15.3. The molecule has 2 nitrogen and oxygen atoms in total. The Bertz CT molecular complexity index is 466. The van der Waals surface area contributed by atoms with Gasteiger partial charge in [-0.2, -0.15) is 0 Å². The van der Waals surface area contributed by atoms with Crippen molar-refractivity contribution in [2.75, 3.05) is 55.4 Å². The molecule has 1 rings (SSSR count). The van der Waals surface area contributed by atoms with Crippen LogP contribution in [0.5, 0.6) is 0 Å². The molecule has 0 aliphatic heterocycles. The molecule has 0 radical (unpaired) electrons. The molecular formula is C36H74N2+2. The topological polar surface area (TPSA) is 0 Å². The molecule has 0 unspecified atom stereocenters. The van der Waals surface area contributed by atoms with Gasteiger partial charge in [-0.15, -0.1) is 0 Å². The van der Waals surface area contributed by atoms with Crippen molar-refractivity contribution in [2.24, 2.45) is 0 Å². The molecule has 0 aliphatic carbocycles. The predicted molar refractivity (Wildman–Crippen MR) is 176 cm³/mol. The number of rotatable bonds is 22. The van der Waals surface area contributed by atoms with Crippen molar-refractivity contribution in [1.82, 2.24) is 0 Å². The van der Waals surface area contributed by atoms with E-state index in [9.17, 15) is 0 Å². The minimum absolute atomic E-state index is 1.12. The summed E-state index contributed by atoms with van der Waals surface area (Å²) in [6, 6.07) is 12.0. The molecule has 226 valence electrons. The minimum Gasteiger partial charge on any atom is -0.331 e. The van der Waals surface area contributed by atoms with Crippen molar-refractivity contribution in [3.8, 4) is 0 Å². The molecule has 0 N–H and O–H groups in total. The van der Waals surface area contributed by atoms with E-state index in [0.29, 0.717) is 0 Å². The van der Waals surface area contributed by atoms with Gasteiger partial charge in [0.2, 0.25) is 0 Å². The highest BCUT2D eigenvalue weighted by Crippen LogP contribution is 2.12. The average Bonchev–Trinajstić information content (AvgIpc) is 2.87. The highest BCUT2D eigenvalue weighted by Gasteiger charge is 2.05. The number of benzene rings is 1. The lowest BCUT2D eigenvalue weighted by Crippen LogP contribution is -2.35. The Balaban J connectivity index is 0. The van der Waals surface area contributed by atoms with Crippen molar-refractivity contribution < 1.29 is 8.97 Å². The van der Waals surface area contributed by atoms with Gasteiger partial charge in [0.05, 0.1) is 55.4 Å². The summed E-state index contributed by atoms with van der Waals surface area (Å²) in [7, 11) is 13.7. The van der Waals surface area contributed by atoms with Crippen LogP contribution < -0.4 is 0 Å². The lowest BCUT2D eigenvalue weighted by Gasteiger charge is -2.23. The van der Waals surface area contributed by atoms with Gasteiger partial charge in [0.1, 0.15) is 0 Å². The molecule has 2 heteroatoms. The summed E-state index contributed by atoms with van der Waals surface area (Å²) in [6.45, 7) is 7.23. The van der Waals surface area contributed by atoms with Gasteiger partial charge in [-0.25, -0.2) is 0 Å².